The summed E-state index contributed by atoms with van der Waals surface area (Å²) in [6.07, 6.45) is 1.02. The van der Waals surface area contributed by atoms with E-state index < -0.39 is 15.3 Å². The third-order valence-electron chi connectivity index (χ3n) is 2.35. The molecule has 1 aromatic rings. The summed E-state index contributed by atoms with van der Waals surface area (Å²) in [5.41, 5.74) is 0.887. The first kappa shape index (κ1) is 13.9. The summed E-state index contributed by atoms with van der Waals surface area (Å²) < 4.78 is 26.0. The Balaban J connectivity index is 2.94. The van der Waals surface area contributed by atoms with E-state index in [1.807, 2.05) is 13.8 Å². The Hall–Kier alpha value is -1.13. The molecule has 94 valence electrons. The third kappa shape index (κ3) is 3.17. The fraction of sp³-hybridized carbons (Fsp3) is 0.600. The van der Waals surface area contributed by atoms with Gasteiger partial charge in [0.2, 0.25) is 0 Å². The van der Waals surface area contributed by atoms with E-state index in [4.69, 9.17) is 5.26 Å². The molecule has 0 spiro atoms. The number of hydrogen-bond acceptors (Lipinski definition) is 5. The van der Waals surface area contributed by atoms with Crippen LogP contribution in [0.25, 0.3) is 0 Å². The molecule has 0 aliphatic carbocycles. The third-order valence-corrected chi connectivity index (χ3v) is 5.07. The van der Waals surface area contributed by atoms with Crippen LogP contribution in [0.1, 0.15) is 30.8 Å². The van der Waals surface area contributed by atoms with Crippen LogP contribution in [-0.4, -0.2) is 18.7 Å². The number of thiazole rings is 1. The maximum absolute atomic E-state index is 11.8. The quantitative estimate of drug-likeness (QED) is 0.890. The van der Waals surface area contributed by atoms with Gasteiger partial charge >= 0.3 is 0 Å². The predicted octanol–water partition coefficient (Wildman–Crippen LogP) is 2.06. The molecule has 5 nitrogen and oxygen atoms in total. The Morgan fingerprint density at radius 2 is 2.18 bits per heavy atom. The van der Waals surface area contributed by atoms with Crippen molar-refractivity contribution < 1.29 is 8.42 Å². The van der Waals surface area contributed by atoms with Gasteiger partial charge in [0.25, 0.3) is 10.0 Å². The number of nitrogens with one attached hydrogen (secondary N) is 1. The Labute approximate surface area is 106 Å². The van der Waals surface area contributed by atoms with E-state index in [-0.39, 0.29) is 6.42 Å². The Morgan fingerprint density at radius 3 is 2.59 bits per heavy atom. The molecular weight excluding hydrogens is 258 g/mol. The summed E-state index contributed by atoms with van der Waals surface area (Å²) in [6, 6.07) is 1.77. The monoisotopic (exact) mass is 273 g/mol. The smallest absolute Gasteiger partial charge is 0.250 e. The minimum atomic E-state index is -3.65. The lowest BCUT2D eigenvalue weighted by atomic mass is 10.3. The molecule has 1 N–H and O–H groups in total. The molecule has 0 radical (unpaired) electrons. The van der Waals surface area contributed by atoms with Crippen LogP contribution in [0.2, 0.25) is 0 Å². The zero-order valence-electron chi connectivity index (χ0n) is 10.0. The van der Waals surface area contributed by atoms with E-state index in [9.17, 15) is 8.42 Å². The molecule has 7 heteroatoms. The van der Waals surface area contributed by atoms with E-state index in [1.54, 1.807) is 13.0 Å². The molecule has 1 aromatic heterocycles. The van der Waals surface area contributed by atoms with Gasteiger partial charge in [-0.25, -0.2) is 13.4 Å². The maximum atomic E-state index is 11.8. The topological polar surface area (TPSA) is 82.8 Å². The minimum absolute atomic E-state index is 0.261. The standard InChI is InChI=1S/C10H15N3O2S2/c1-4-8(6-11)17(14,15)13-10-12-9(5-2)7(3)16-10/h8H,4-5H2,1-3H3,(H,12,13). The second-order valence-corrected chi connectivity index (χ2v) is 6.61. The molecule has 0 saturated heterocycles. The second-order valence-electron chi connectivity index (χ2n) is 3.55. The van der Waals surface area contributed by atoms with Crippen LogP contribution in [0.3, 0.4) is 0 Å². The van der Waals surface area contributed by atoms with E-state index in [2.05, 4.69) is 9.71 Å². The summed E-state index contributed by atoms with van der Waals surface area (Å²) in [6.45, 7) is 5.53. The highest BCUT2D eigenvalue weighted by atomic mass is 32.2. The van der Waals surface area contributed by atoms with Crippen molar-refractivity contribution in [2.24, 2.45) is 0 Å². The van der Waals surface area contributed by atoms with Gasteiger partial charge in [-0.1, -0.05) is 13.8 Å². The number of nitrogens with zero attached hydrogens (tertiary/aromatic N) is 2. The van der Waals surface area contributed by atoms with Crippen LogP contribution in [0.4, 0.5) is 5.13 Å². The summed E-state index contributed by atoms with van der Waals surface area (Å²) in [5.74, 6) is 0. The van der Waals surface area contributed by atoms with Crippen LogP contribution in [-0.2, 0) is 16.4 Å². The molecule has 1 rings (SSSR count). The number of aromatic nitrogens is 1. The average Bonchev–Trinajstić information content (AvgIpc) is 2.59. The predicted molar refractivity (Wildman–Crippen MR) is 68.5 cm³/mol. The molecule has 0 fully saturated rings. The van der Waals surface area contributed by atoms with Crippen molar-refractivity contribution in [1.82, 2.24) is 4.98 Å². The zero-order chi connectivity index (χ0) is 13.1. The van der Waals surface area contributed by atoms with Gasteiger partial charge in [0.15, 0.2) is 10.4 Å². The molecule has 1 heterocycles. The number of hydrogen-bond donors (Lipinski definition) is 1. The van der Waals surface area contributed by atoms with Gasteiger partial charge in [-0.3, -0.25) is 4.72 Å². The minimum Gasteiger partial charge on any atom is -0.258 e. The fourth-order valence-electron chi connectivity index (χ4n) is 1.37. The number of anilines is 1. The molecule has 0 aromatic carbocycles. The molecule has 0 aliphatic rings. The molecule has 1 atom stereocenters. The Kier molecular flexibility index (Phi) is 4.48. The van der Waals surface area contributed by atoms with E-state index >= 15 is 0 Å². The van der Waals surface area contributed by atoms with Crippen molar-refractivity contribution in [1.29, 1.82) is 5.26 Å². The highest BCUT2D eigenvalue weighted by molar-refractivity contribution is 7.93. The Morgan fingerprint density at radius 1 is 1.53 bits per heavy atom. The maximum Gasteiger partial charge on any atom is 0.250 e. The lowest BCUT2D eigenvalue weighted by Crippen LogP contribution is -2.25. The summed E-state index contributed by atoms with van der Waals surface area (Å²) >= 11 is 1.29. The number of rotatable bonds is 5. The van der Waals surface area contributed by atoms with Crippen LogP contribution in [0, 0.1) is 18.3 Å². The van der Waals surface area contributed by atoms with E-state index in [1.165, 1.54) is 11.3 Å². The van der Waals surface area contributed by atoms with Gasteiger partial charge in [-0.05, 0) is 19.8 Å². The average molecular weight is 273 g/mol. The number of sulfonamides is 1. The molecule has 0 amide bonds. The van der Waals surface area contributed by atoms with Crippen LogP contribution in [0.5, 0.6) is 0 Å². The van der Waals surface area contributed by atoms with Gasteiger partial charge in [0.05, 0.1) is 11.8 Å². The summed E-state index contributed by atoms with van der Waals surface area (Å²) in [7, 11) is -3.65. The zero-order valence-corrected chi connectivity index (χ0v) is 11.7. The number of aryl methyl sites for hydroxylation is 2. The van der Waals surface area contributed by atoms with Crippen molar-refractivity contribution in [3.8, 4) is 6.07 Å². The highest BCUT2D eigenvalue weighted by Gasteiger charge is 2.24. The SMILES string of the molecule is CCc1nc(NS(=O)(=O)C(C#N)CC)sc1C. The summed E-state index contributed by atoms with van der Waals surface area (Å²) in [5, 5.41) is 8.07. The van der Waals surface area contributed by atoms with Crippen LogP contribution >= 0.6 is 11.3 Å². The largest absolute Gasteiger partial charge is 0.258 e. The van der Waals surface area contributed by atoms with Crippen molar-refractivity contribution >= 4 is 26.5 Å². The van der Waals surface area contributed by atoms with Gasteiger partial charge in [0.1, 0.15) is 0 Å². The molecule has 0 saturated carbocycles. The molecule has 0 aliphatic heterocycles. The normalized spacial score (nSPS) is 13.1. The first-order valence-electron chi connectivity index (χ1n) is 5.32. The van der Waals surface area contributed by atoms with Crippen molar-refractivity contribution in [2.75, 3.05) is 4.72 Å². The van der Waals surface area contributed by atoms with Crippen molar-refractivity contribution in [3.05, 3.63) is 10.6 Å². The summed E-state index contributed by atoms with van der Waals surface area (Å²) in [4.78, 5) is 5.18. The van der Waals surface area contributed by atoms with Crippen molar-refractivity contribution in [3.63, 3.8) is 0 Å². The van der Waals surface area contributed by atoms with Gasteiger partial charge in [0, 0.05) is 4.88 Å². The number of nitriles is 1. The fourth-order valence-corrected chi connectivity index (χ4v) is 3.65. The molecule has 1 unspecified atom stereocenters. The first-order chi connectivity index (χ1) is 7.94. The molecular formula is C10H15N3O2S2. The van der Waals surface area contributed by atoms with E-state index in [0.29, 0.717) is 5.13 Å². The molecule has 17 heavy (non-hydrogen) atoms. The second kappa shape index (κ2) is 5.47. The van der Waals surface area contributed by atoms with Crippen LogP contribution < -0.4 is 4.72 Å². The van der Waals surface area contributed by atoms with Gasteiger partial charge < -0.3 is 0 Å². The first-order valence-corrected chi connectivity index (χ1v) is 7.68. The van der Waals surface area contributed by atoms with Gasteiger partial charge in [-0.15, -0.1) is 11.3 Å². The van der Waals surface area contributed by atoms with Crippen molar-refractivity contribution in [2.45, 2.75) is 38.9 Å². The lowest BCUT2D eigenvalue weighted by Gasteiger charge is -2.08. The van der Waals surface area contributed by atoms with Gasteiger partial charge in [-0.2, -0.15) is 5.26 Å². The lowest BCUT2D eigenvalue weighted by molar-refractivity contribution is 0.593. The Bertz CT molecular complexity index is 528. The molecule has 0 bridgehead atoms. The highest BCUT2D eigenvalue weighted by Crippen LogP contribution is 2.24. The van der Waals surface area contributed by atoms with Crippen LogP contribution in [0.15, 0.2) is 0 Å². The van der Waals surface area contributed by atoms with E-state index in [0.717, 1.165) is 17.0 Å².